The summed E-state index contributed by atoms with van der Waals surface area (Å²) in [4.78, 5) is 15.7. The van der Waals surface area contributed by atoms with Crippen molar-refractivity contribution in [1.82, 2.24) is 10.4 Å². The molecule has 27 heavy (non-hydrogen) atoms. The summed E-state index contributed by atoms with van der Waals surface area (Å²) in [5.74, 6) is -0.192. The number of nitrogens with zero attached hydrogens (tertiary/aromatic N) is 2. The third kappa shape index (κ3) is 5.12. The summed E-state index contributed by atoms with van der Waals surface area (Å²) in [6, 6.07) is 14.8. The minimum absolute atomic E-state index is 0.0279. The maximum atomic E-state index is 13.7. The topological polar surface area (TPSA) is 63.6 Å². The van der Waals surface area contributed by atoms with E-state index in [-0.39, 0.29) is 12.5 Å². The Morgan fingerprint density at radius 1 is 1.19 bits per heavy atom. The number of aromatic nitrogens is 1. The zero-order chi connectivity index (χ0) is 19.1. The first-order valence-electron chi connectivity index (χ1n) is 8.02. The van der Waals surface area contributed by atoms with Gasteiger partial charge in [0.05, 0.1) is 16.8 Å². The molecule has 5 nitrogen and oxygen atoms in total. The second-order valence-electron chi connectivity index (χ2n) is 5.50. The van der Waals surface area contributed by atoms with Crippen LogP contribution in [-0.2, 0) is 6.61 Å². The number of benzene rings is 2. The van der Waals surface area contributed by atoms with Gasteiger partial charge in [0.2, 0.25) is 0 Å². The maximum absolute atomic E-state index is 13.7. The van der Waals surface area contributed by atoms with E-state index in [1.165, 1.54) is 18.5 Å². The van der Waals surface area contributed by atoms with Gasteiger partial charge in [-0.1, -0.05) is 17.7 Å². The van der Waals surface area contributed by atoms with Crippen molar-refractivity contribution in [3.63, 3.8) is 0 Å². The van der Waals surface area contributed by atoms with Gasteiger partial charge < -0.3 is 4.74 Å². The Bertz CT molecular complexity index is 927. The molecule has 0 aliphatic heterocycles. The summed E-state index contributed by atoms with van der Waals surface area (Å²) in [5, 5.41) is 4.23. The van der Waals surface area contributed by atoms with E-state index >= 15 is 0 Å². The van der Waals surface area contributed by atoms with E-state index in [2.05, 4.69) is 15.5 Å². The number of carbonyl (C=O) groups is 1. The van der Waals surface area contributed by atoms with Gasteiger partial charge in [0, 0.05) is 18.0 Å². The lowest BCUT2D eigenvalue weighted by molar-refractivity contribution is 0.0955. The number of nitrogens with one attached hydrogen (secondary N) is 1. The lowest BCUT2D eigenvalue weighted by Gasteiger charge is -2.08. The quantitative estimate of drug-likeness (QED) is 0.512. The summed E-state index contributed by atoms with van der Waals surface area (Å²) >= 11 is 5.97. The first kappa shape index (κ1) is 18.5. The summed E-state index contributed by atoms with van der Waals surface area (Å²) in [5.41, 5.74) is 3.92. The predicted molar refractivity (Wildman–Crippen MR) is 101 cm³/mol. The van der Waals surface area contributed by atoms with Crippen molar-refractivity contribution in [2.24, 2.45) is 5.10 Å². The van der Waals surface area contributed by atoms with Crippen LogP contribution in [0.5, 0.6) is 5.75 Å². The van der Waals surface area contributed by atoms with E-state index in [0.29, 0.717) is 21.9 Å². The van der Waals surface area contributed by atoms with E-state index in [9.17, 15) is 9.18 Å². The lowest BCUT2D eigenvalue weighted by Crippen LogP contribution is -2.17. The Kier molecular flexibility index (Phi) is 6.12. The van der Waals surface area contributed by atoms with Gasteiger partial charge >= 0.3 is 0 Å². The first-order valence-corrected chi connectivity index (χ1v) is 8.40. The Labute approximate surface area is 160 Å². The van der Waals surface area contributed by atoms with Gasteiger partial charge in [-0.25, -0.2) is 9.82 Å². The van der Waals surface area contributed by atoms with Gasteiger partial charge in [0.15, 0.2) is 0 Å². The molecule has 3 rings (SSSR count). The Morgan fingerprint density at radius 2 is 2.00 bits per heavy atom. The second kappa shape index (κ2) is 8.91. The van der Waals surface area contributed by atoms with Crippen LogP contribution in [0.25, 0.3) is 0 Å². The molecule has 1 aromatic heterocycles. The van der Waals surface area contributed by atoms with Gasteiger partial charge in [-0.3, -0.25) is 9.78 Å². The highest BCUT2D eigenvalue weighted by atomic mass is 35.5. The highest BCUT2D eigenvalue weighted by Crippen LogP contribution is 2.21. The van der Waals surface area contributed by atoms with E-state index in [1.807, 2.05) is 0 Å². The number of hydrogen-bond donors (Lipinski definition) is 1. The number of hydrazone groups is 1. The molecular weight excluding hydrogens is 369 g/mol. The highest BCUT2D eigenvalue weighted by Gasteiger charge is 2.07. The maximum Gasteiger partial charge on any atom is 0.272 e. The Balaban J connectivity index is 1.55. The van der Waals surface area contributed by atoms with Crippen molar-refractivity contribution in [3.8, 4) is 5.75 Å². The molecule has 0 aliphatic rings. The summed E-state index contributed by atoms with van der Waals surface area (Å²) in [6.07, 6.45) is 4.55. The van der Waals surface area contributed by atoms with Crippen molar-refractivity contribution >= 4 is 23.7 Å². The second-order valence-corrected chi connectivity index (χ2v) is 5.91. The molecule has 0 unspecified atom stereocenters. The average Bonchev–Trinajstić information content (AvgIpc) is 2.69. The Hall–Kier alpha value is -3.25. The fourth-order valence-corrected chi connectivity index (χ4v) is 2.42. The molecule has 0 saturated heterocycles. The molecule has 2 aromatic carbocycles. The molecular formula is C20H15ClFN3O2. The van der Waals surface area contributed by atoms with Crippen LogP contribution in [-0.4, -0.2) is 17.1 Å². The zero-order valence-electron chi connectivity index (χ0n) is 14.1. The van der Waals surface area contributed by atoms with Crippen molar-refractivity contribution in [1.29, 1.82) is 0 Å². The van der Waals surface area contributed by atoms with Crippen molar-refractivity contribution in [3.05, 3.63) is 94.5 Å². The van der Waals surface area contributed by atoms with Crippen molar-refractivity contribution < 1.29 is 13.9 Å². The molecule has 0 aliphatic carbocycles. The molecule has 1 N–H and O–H groups in total. The number of amides is 1. The molecule has 0 fully saturated rings. The SMILES string of the molecule is O=C(N/N=C/c1ccc(OCc2c(F)cccc2Cl)cc1)c1cccnc1. The fraction of sp³-hybridized carbons (Fsp3) is 0.0500. The van der Waals surface area contributed by atoms with Crippen LogP contribution in [0, 0.1) is 5.82 Å². The molecule has 136 valence electrons. The van der Waals surface area contributed by atoms with Crippen LogP contribution < -0.4 is 10.2 Å². The molecule has 0 spiro atoms. The monoisotopic (exact) mass is 383 g/mol. The number of hydrogen-bond acceptors (Lipinski definition) is 4. The summed E-state index contributed by atoms with van der Waals surface area (Å²) in [6.45, 7) is 0.0279. The van der Waals surface area contributed by atoms with Crippen LogP contribution >= 0.6 is 11.6 Å². The van der Waals surface area contributed by atoms with Crippen molar-refractivity contribution in [2.45, 2.75) is 6.61 Å². The van der Waals surface area contributed by atoms with Gasteiger partial charge in [-0.15, -0.1) is 0 Å². The Morgan fingerprint density at radius 3 is 2.70 bits per heavy atom. The molecule has 7 heteroatoms. The van der Waals surface area contributed by atoms with Gasteiger partial charge in [0.1, 0.15) is 18.2 Å². The first-order chi connectivity index (χ1) is 13.1. The molecule has 1 amide bonds. The minimum atomic E-state index is -0.407. The van der Waals surface area contributed by atoms with Crippen LogP contribution in [0.1, 0.15) is 21.5 Å². The van der Waals surface area contributed by atoms with Crippen LogP contribution in [0.15, 0.2) is 72.1 Å². The summed E-state index contributed by atoms with van der Waals surface area (Å²) in [7, 11) is 0. The van der Waals surface area contributed by atoms with Crippen LogP contribution in [0.4, 0.5) is 4.39 Å². The molecule has 3 aromatic rings. The van der Waals surface area contributed by atoms with Gasteiger partial charge in [-0.2, -0.15) is 5.10 Å². The molecule has 0 bridgehead atoms. The average molecular weight is 384 g/mol. The third-order valence-electron chi connectivity index (χ3n) is 3.63. The number of pyridine rings is 1. The number of rotatable bonds is 6. The molecule has 1 heterocycles. The van der Waals surface area contributed by atoms with E-state index in [1.54, 1.807) is 54.7 Å². The van der Waals surface area contributed by atoms with Gasteiger partial charge in [0.25, 0.3) is 5.91 Å². The smallest absolute Gasteiger partial charge is 0.272 e. The normalized spacial score (nSPS) is 10.7. The van der Waals surface area contributed by atoms with Crippen molar-refractivity contribution in [2.75, 3.05) is 0 Å². The number of halogens is 2. The zero-order valence-corrected chi connectivity index (χ0v) is 14.9. The summed E-state index contributed by atoms with van der Waals surface area (Å²) < 4.78 is 19.3. The van der Waals surface area contributed by atoms with E-state index in [4.69, 9.17) is 16.3 Å². The van der Waals surface area contributed by atoms with Crippen LogP contribution in [0.2, 0.25) is 5.02 Å². The fourth-order valence-electron chi connectivity index (χ4n) is 2.20. The molecule has 0 atom stereocenters. The van der Waals surface area contributed by atoms with E-state index in [0.717, 1.165) is 5.56 Å². The molecule has 0 saturated carbocycles. The highest BCUT2D eigenvalue weighted by molar-refractivity contribution is 6.31. The molecule has 0 radical (unpaired) electrons. The van der Waals surface area contributed by atoms with Crippen LogP contribution in [0.3, 0.4) is 0 Å². The minimum Gasteiger partial charge on any atom is -0.489 e. The largest absolute Gasteiger partial charge is 0.489 e. The van der Waals surface area contributed by atoms with E-state index < -0.39 is 5.82 Å². The lowest BCUT2D eigenvalue weighted by atomic mass is 10.2. The number of carbonyl (C=O) groups excluding carboxylic acids is 1. The third-order valence-corrected chi connectivity index (χ3v) is 3.98. The predicted octanol–water partition coefficient (Wildman–Crippen LogP) is 4.22. The van der Waals surface area contributed by atoms with Gasteiger partial charge in [-0.05, 0) is 54.1 Å². The standard InChI is InChI=1S/C20H15ClFN3O2/c21-18-4-1-5-19(22)17(18)13-27-16-8-6-14(7-9-16)11-24-25-20(26)15-3-2-10-23-12-15/h1-12H,13H2,(H,25,26)/b24-11+. The number of ether oxygens (including phenoxy) is 1.